The summed E-state index contributed by atoms with van der Waals surface area (Å²) in [5, 5.41) is 0. The van der Waals surface area contributed by atoms with Gasteiger partial charge in [-0.05, 0) is 29.7 Å². The predicted octanol–water partition coefficient (Wildman–Crippen LogP) is 2.21. The van der Waals surface area contributed by atoms with E-state index in [2.05, 4.69) is 23.2 Å². The van der Waals surface area contributed by atoms with Crippen molar-refractivity contribution in [3.05, 3.63) is 59.4 Å². The molecule has 3 rings (SSSR count). The van der Waals surface area contributed by atoms with Gasteiger partial charge in [0.15, 0.2) is 0 Å². The number of hydrogen-bond donors (Lipinski definition) is 1. The molecule has 3 nitrogen and oxygen atoms in total. The van der Waals surface area contributed by atoms with E-state index in [1.165, 1.54) is 11.1 Å². The SMILES string of the molecule is O=C(c1ccc[nH]1)N1CCc2ccccc2C1. The molecular weight excluding hydrogens is 212 g/mol. The van der Waals surface area contributed by atoms with Crippen molar-refractivity contribution in [2.24, 2.45) is 0 Å². The predicted molar refractivity (Wildman–Crippen MR) is 65.7 cm³/mol. The lowest BCUT2D eigenvalue weighted by atomic mass is 10.00. The van der Waals surface area contributed by atoms with Crippen molar-refractivity contribution in [3.8, 4) is 0 Å². The Kier molecular flexibility index (Phi) is 2.44. The highest BCUT2D eigenvalue weighted by atomic mass is 16.2. The van der Waals surface area contributed by atoms with Crippen LogP contribution in [0.5, 0.6) is 0 Å². The largest absolute Gasteiger partial charge is 0.357 e. The van der Waals surface area contributed by atoms with E-state index in [-0.39, 0.29) is 5.91 Å². The Balaban J connectivity index is 1.83. The Morgan fingerprint density at radius 1 is 1.12 bits per heavy atom. The zero-order valence-electron chi connectivity index (χ0n) is 9.52. The Hall–Kier alpha value is -2.03. The van der Waals surface area contributed by atoms with Crippen molar-refractivity contribution in [2.45, 2.75) is 13.0 Å². The lowest BCUT2D eigenvalue weighted by Gasteiger charge is -2.28. The Morgan fingerprint density at radius 3 is 2.71 bits per heavy atom. The van der Waals surface area contributed by atoms with Crippen LogP contribution in [0.1, 0.15) is 21.6 Å². The van der Waals surface area contributed by atoms with Gasteiger partial charge in [0.1, 0.15) is 5.69 Å². The summed E-state index contributed by atoms with van der Waals surface area (Å²) in [6.07, 6.45) is 2.73. The maximum absolute atomic E-state index is 12.2. The average molecular weight is 226 g/mol. The van der Waals surface area contributed by atoms with E-state index in [0.717, 1.165) is 13.0 Å². The number of carbonyl (C=O) groups excluding carboxylic acids is 1. The van der Waals surface area contributed by atoms with Gasteiger partial charge in [-0.15, -0.1) is 0 Å². The first kappa shape index (κ1) is 10.1. The summed E-state index contributed by atoms with van der Waals surface area (Å²) in [6.45, 7) is 1.52. The van der Waals surface area contributed by atoms with Crippen molar-refractivity contribution in [2.75, 3.05) is 6.54 Å². The van der Waals surface area contributed by atoms with E-state index in [1.54, 1.807) is 6.20 Å². The standard InChI is InChI=1S/C14H14N2O/c17-14(13-6-3-8-15-13)16-9-7-11-4-1-2-5-12(11)10-16/h1-6,8,15H,7,9-10H2. The molecule has 1 N–H and O–H groups in total. The third-order valence-electron chi connectivity index (χ3n) is 3.25. The van der Waals surface area contributed by atoms with Gasteiger partial charge in [-0.2, -0.15) is 0 Å². The summed E-state index contributed by atoms with van der Waals surface area (Å²) in [6, 6.07) is 12.0. The van der Waals surface area contributed by atoms with Gasteiger partial charge in [0.05, 0.1) is 0 Å². The monoisotopic (exact) mass is 226 g/mol. The third-order valence-corrected chi connectivity index (χ3v) is 3.25. The zero-order valence-corrected chi connectivity index (χ0v) is 9.52. The van der Waals surface area contributed by atoms with Crippen LogP contribution in [0.15, 0.2) is 42.6 Å². The molecule has 2 heterocycles. The van der Waals surface area contributed by atoms with E-state index in [0.29, 0.717) is 12.2 Å². The fraction of sp³-hybridized carbons (Fsp3) is 0.214. The van der Waals surface area contributed by atoms with Gasteiger partial charge in [0, 0.05) is 19.3 Å². The molecule has 86 valence electrons. The molecule has 2 aromatic rings. The van der Waals surface area contributed by atoms with Crippen LogP contribution in [-0.4, -0.2) is 22.3 Å². The van der Waals surface area contributed by atoms with Crippen molar-refractivity contribution < 1.29 is 4.79 Å². The summed E-state index contributed by atoms with van der Waals surface area (Å²) in [5.41, 5.74) is 3.30. The van der Waals surface area contributed by atoms with Crippen LogP contribution in [0.2, 0.25) is 0 Å². The highest BCUT2D eigenvalue weighted by Crippen LogP contribution is 2.19. The van der Waals surface area contributed by atoms with Gasteiger partial charge >= 0.3 is 0 Å². The molecule has 0 saturated heterocycles. The molecule has 1 aromatic carbocycles. The maximum atomic E-state index is 12.2. The van der Waals surface area contributed by atoms with Crippen molar-refractivity contribution in [1.29, 1.82) is 0 Å². The summed E-state index contributed by atoms with van der Waals surface area (Å²) in [7, 11) is 0. The van der Waals surface area contributed by atoms with Crippen molar-refractivity contribution in [3.63, 3.8) is 0 Å². The molecular formula is C14H14N2O. The zero-order chi connectivity index (χ0) is 11.7. The number of aromatic nitrogens is 1. The van der Waals surface area contributed by atoms with Gasteiger partial charge in [-0.25, -0.2) is 0 Å². The minimum Gasteiger partial charge on any atom is -0.357 e. The van der Waals surface area contributed by atoms with Crippen LogP contribution in [0.3, 0.4) is 0 Å². The summed E-state index contributed by atoms with van der Waals surface area (Å²) in [4.78, 5) is 17.0. The average Bonchev–Trinajstić information content (AvgIpc) is 2.91. The smallest absolute Gasteiger partial charge is 0.270 e. The number of fused-ring (bicyclic) bond motifs is 1. The van der Waals surface area contributed by atoms with Gasteiger partial charge in [0.25, 0.3) is 5.91 Å². The first-order chi connectivity index (χ1) is 8.34. The molecule has 0 saturated carbocycles. The molecule has 0 atom stereocenters. The van der Waals surface area contributed by atoms with E-state index < -0.39 is 0 Å². The molecule has 3 heteroatoms. The van der Waals surface area contributed by atoms with Crippen LogP contribution in [0.4, 0.5) is 0 Å². The number of benzene rings is 1. The molecule has 1 aliphatic heterocycles. The van der Waals surface area contributed by atoms with Crippen LogP contribution in [0.25, 0.3) is 0 Å². The van der Waals surface area contributed by atoms with Crippen LogP contribution in [-0.2, 0) is 13.0 Å². The number of rotatable bonds is 1. The number of nitrogens with zero attached hydrogens (tertiary/aromatic N) is 1. The van der Waals surface area contributed by atoms with E-state index in [1.807, 2.05) is 23.1 Å². The summed E-state index contributed by atoms with van der Waals surface area (Å²) < 4.78 is 0. The first-order valence-corrected chi connectivity index (χ1v) is 5.84. The second kappa shape index (κ2) is 4.09. The van der Waals surface area contributed by atoms with Crippen LogP contribution < -0.4 is 0 Å². The third kappa shape index (κ3) is 1.84. The molecule has 0 spiro atoms. The summed E-state index contributed by atoms with van der Waals surface area (Å²) >= 11 is 0. The lowest BCUT2D eigenvalue weighted by Crippen LogP contribution is -2.36. The summed E-state index contributed by atoms with van der Waals surface area (Å²) in [5.74, 6) is 0.0875. The topological polar surface area (TPSA) is 36.1 Å². The molecule has 17 heavy (non-hydrogen) atoms. The van der Waals surface area contributed by atoms with Crippen LogP contribution in [0, 0.1) is 0 Å². The minimum atomic E-state index is 0.0875. The minimum absolute atomic E-state index is 0.0875. The molecule has 0 radical (unpaired) electrons. The number of hydrogen-bond acceptors (Lipinski definition) is 1. The molecule has 1 aromatic heterocycles. The number of amides is 1. The van der Waals surface area contributed by atoms with Crippen LogP contribution >= 0.6 is 0 Å². The lowest BCUT2D eigenvalue weighted by molar-refractivity contribution is 0.0729. The molecule has 1 amide bonds. The maximum Gasteiger partial charge on any atom is 0.270 e. The Morgan fingerprint density at radius 2 is 1.94 bits per heavy atom. The first-order valence-electron chi connectivity index (χ1n) is 5.84. The molecule has 0 unspecified atom stereocenters. The van der Waals surface area contributed by atoms with Crippen molar-refractivity contribution >= 4 is 5.91 Å². The van der Waals surface area contributed by atoms with Gasteiger partial charge in [0.2, 0.25) is 0 Å². The fourth-order valence-corrected chi connectivity index (χ4v) is 2.30. The Labute approximate surface area is 100 Å². The van der Waals surface area contributed by atoms with E-state index in [9.17, 15) is 4.79 Å². The number of H-pyrrole nitrogens is 1. The normalized spacial score (nSPS) is 14.5. The second-order valence-corrected chi connectivity index (χ2v) is 4.33. The fourth-order valence-electron chi connectivity index (χ4n) is 2.30. The van der Waals surface area contributed by atoms with E-state index in [4.69, 9.17) is 0 Å². The molecule has 0 aliphatic carbocycles. The van der Waals surface area contributed by atoms with Crippen molar-refractivity contribution in [1.82, 2.24) is 9.88 Å². The number of aromatic amines is 1. The molecule has 1 aliphatic rings. The highest BCUT2D eigenvalue weighted by molar-refractivity contribution is 5.92. The van der Waals surface area contributed by atoms with Gasteiger partial charge in [-0.3, -0.25) is 4.79 Å². The van der Waals surface area contributed by atoms with Gasteiger partial charge in [-0.1, -0.05) is 24.3 Å². The molecule has 0 fully saturated rings. The quantitative estimate of drug-likeness (QED) is 0.795. The molecule has 0 bridgehead atoms. The number of carbonyl (C=O) groups is 1. The van der Waals surface area contributed by atoms with E-state index >= 15 is 0 Å². The Bertz CT molecular complexity index is 531. The second-order valence-electron chi connectivity index (χ2n) is 4.33. The number of nitrogens with one attached hydrogen (secondary N) is 1. The highest BCUT2D eigenvalue weighted by Gasteiger charge is 2.21. The van der Waals surface area contributed by atoms with Gasteiger partial charge < -0.3 is 9.88 Å².